The summed E-state index contributed by atoms with van der Waals surface area (Å²) < 4.78 is 23.2. The molecule has 6 rings (SSSR count). The third-order valence-corrected chi connectivity index (χ3v) is 8.40. The van der Waals surface area contributed by atoms with Crippen molar-refractivity contribution in [3.8, 4) is 5.75 Å². The van der Waals surface area contributed by atoms with E-state index in [0.29, 0.717) is 24.7 Å². The summed E-state index contributed by atoms with van der Waals surface area (Å²) >= 11 is 0. The number of nitro groups is 1. The minimum Gasteiger partial charge on any atom is -0.434 e. The maximum atomic E-state index is 12.0. The van der Waals surface area contributed by atoms with Gasteiger partial charge in [0.25, 0.3) is 5.69 Å². The van der Waals surface area contributed by atoms with Crippen molar-refractivity contribution in [1.82, 2.24) is 0 Å². The lowest BCUT2D eigenvalue weighted by Crippen LogP contribution is -2.70. The van der Waals surface area contributed by atoms with Gasteiger partial charge in [0.05, 0.1) is 17.6 Å². The van der Waals surface area contributed by atoms with E-state index in [1.807, 2.05) is 6.92 Å². The first-order chi connectivity index (χ1) is 16.7. The van der Waals surface area contributed by atoms with E-state index in [4.69, 9.17) is 28.7 Å². The number of non-ortho nitro benzene ring substituents is 1. The predicted molar refractivity (Wildman–Crippen MR) is 121 cm³/mol. The molecule has 0 radical (unpaired) electrons. The summed E-state index contributed by atoms with van der Waals surface area (Å²) in [7, 11) is 0. The highest BCUT2D eigenvalue weighted by molar-refractivity contribution is 5.63. The molecule has 10 nitrogen and oxygen atoms in total. The van der Waals surface area contributed by atoms with Crippen LogP contribution in [0.1, 0.15) is 59.3 Å². The highest BCUT2D eigenvalue weighted by Gasteiger charge is 2.69. The number of benzene rings is 1. The van der Waals surface area contributed by atoms with E-state index in [0.717, 1.165) is 25.7 Å². The summed E-state index contributed by atoms with van der Waals surface area (Å²) in [5.41, 5.74) is -0.654. The summed E-state index contributed by atoms with van der Waals surface area (Å²) in [4.78, 5) is 34.2. The molecule has 0 amide bonds. The molecule has 1 aromatic rings. The molecular formula is C25H33NO9. The second kappa shape index (κ2) is 9.31. The minimum atomic E-state index is -0.845. The number of nitrogens with zero attached hydrogens (tertiary/aromatic N) is 1. The molecule has 35 heavy (non-hydrogen) atoms. The minimum absolute atomic E-state index is 0.0504. The predicted octanol–water partition coefficient (Wildman–Crippen LogP) is 5.14. The van der Waals surface area contributed by atoms with Crippen molar-refractivity contribution >= 4 is 11.8 Å². The van der Waals surface area contributed by atoms with Crippen LogP contribution in [0.25, 0.3) is 0 Å². The van der Waals surface area contributed by atoms with Crippen LogP contribution in [0.2, 0.25) is 0 Å². The highest BCUT2D eigenvalue weighted by Crippen LogP contribution is 2.60. The fourth-order valence-corrected chi connectivity index (χ4v) is 6.51. The van der Waals surface area contributed by atoms with E-state index in [9.17, 15) is 14.9 Å². The number of ether oxygens (including phenoxy) is 4. The fourth-order valence-electron chi connectivity index (χ4n) is 6.51. The molecule has 4 saturated heterocycles. The number of hydrogen-bond acceptors (Lipinski definition) is 9. The Morgan fingerprint density at radius 3 is 2.66 bits per heavy atom. The molecule has 1 saturated carbocycles. The zero-order chi connectivity index (χ0) is 24.8. The van der Waals surface area contributed by atoms with Gasteiger partial charge in [-0.2, -0.15) is 0 Å². The van der Waals surface area contributed by atoms with Gasteiger partial charge in [-0.15, -0.1) is 0 Å². The monoisotopic (exact) mass is 491 g/mol. The van der Waals surface area contributed by atoms with Crippen LogP contribution in [0, 0.1) is 33.8 Å². The van der Waals surface area contributed by atoms with Crippen molar-refractivity contribution in [3.63, 3.8) is 0 Å². The van der Waals surface area contributed by atoms with Crippen LogP contribution < -0.4 is 4.74 Å². The van der Waals surface area contributed by atoms with E-state index in [-0.39, 0.29) is 36.0 Å². The third-order valence-electron chi connectivity index (χ3n) is 8.40. The van der Waals surface area contributed by atoms with Gasteiger partial charge in [-0.25, -0.2) is 14.6 Å². The molecule has 0 N–H and O–H groups in total. The van der Waals surface area contributed by atoms with Gasteiger partial charge >= 0.3 is 6.16 Å². The molecule has 4 aliphatic heterocycles. The number of carbonyl (C=O) groups is 1. The quantitative estimate of drug-likeness (QED) is 0.133. The molecule has 1 aromatic carbocycles. The van der Waals surface area contributed by atoms with Crippen molar-refractivity contribution < 1.29 is 38.4 Å². The second-order valence-electron chi connectivity index (χ2n) is 10.5. The molecule has 4 heterocycles. The summed E-state index contributed by atoms with van der Waals surface area (Å²) in [5, 5.41) is 10.7. The lowest BCUT2D eigenvalue weighted by molar-refractivity contribution is -0.571. The van der Waals surface area contributed by atoms with Gasteiger partial charge in [0.1, 0.15) is 5.75 Å². The summed E-state index contributed by atoms with van der Waals surface area (Å²) in [6, 6.07) is 5.26. The van der Waals surface area contributed by atoms with Crippen LogP contribution in [0.15, 0.2) is 24.3 Å². The Balaban J connectivity index is 1.16. The number of fused-ring (bicyclic) bond motifs is 2. The van der Waals surface area contributed by atoms with Gasteiger partial charge in [-0.05, 0) is 68.9 Å². The van der Waals surface area contributed by atoms with Crippen LogP contribution in [0.4, 0.5) is 10.5 Å². The van der Waals surface area contributed by atoms with Gasteiger partial charge in [-0.1, -0.05) is 13.8 Å². The van der Waals surface area contributed by atoms with E-state index in [1.165, 1.54) is 24.3 Å². The van der Waals surface area contributed by atoms with Crippen molar-refractivity contribution in [3.05, 3.63) is 34.4 Å². The molecule has 0 aromatic heterocycles. The second-order valence-corrected chi connectivity index (χ2v) is 10.5. The summed E-state index contributed by atoms with van der Waals surface area (Å²) in [6.45, 7) is 6.59. The van der Waals surface area contributed by atoms with E-state index < -0.39 is 28.8 Å². The Morgan fingerprint density at radius 1 is 1.14 bits per heavy atom. The zero-order valence-electron chi connectivity index (χ0n) is 20.3. The molecule has 5 fully saturated rings. The van der Waals surface area contributed by atoms with Crippen LogP contribution in [-0.2, 0) is 24.0 Å². The van der Waals surface area contributed by atoms with Crippen molar-refractivity contribution in [2.75, 3.05) is 6.61 Å². The number of rotatable bonds is 6. The Labute approximate surface area is 204 Å². The van der Waals surface area contributed by atoms with E-state index in [1.54, 1.807) is 0 Å². The van der Waals surface area contributed by atoms with Crippen LogP contribution in [0.5, 0.6) is 5.75 Å². The molecular weight excluding hydrogens is 458 g/mol. The van der Waals surface area contributed by atoms with Gasteiger partial charge < -0.3 is 18.9 Å². The van der Waals surface area contributed by atoms with E-state index in [2.05, 4.69) is 13.8 Å². The van der Waals surface area contributed by atoms with Gasteiger partial charge in [-0.3, -0.25) is 10.1 Å². The fraction of sp³-hybridized carbons (Fsp3) is 0.720. The van der Waals surface area contributed by atoms with Gasteiger partial charge in [0, 0.05) is 24.5 Å². The summed E-state index contributed by atoms with van der Waals surface area (Å²) in [5.74, 6) is 0.743. The van der Waals surface area contributed by atoms with Gasteiger partial charge in [0.15, 0.2) is 11.9 Å². The molecule has 8 unspecified atom stereocenters. The Kier molecular flexibility index (Phi) is 6.50. The lowest BCUT2D eigenvalue weighted by Gasteiger charge is -2.60. The highest BCUT2D eigenvalue weighted by atomic mass is 17.3. The molecule has 1 spiro atoms. The topological polar surface area (TPSA) is 116 Å². The molecule has 10 heteroatoms. The Morgan fingerprint density at radius 2 is 1.91 bits per heavy atom. The SMILES string of the molecule is CC1CCC2C(C)C(CCCOC(=O)Oc3ccc([N+](=O)[O-])cc3)OC3OC4(C)CCC1C32OO4. The first-order valence-electron chi connectivity index (χ1n) is 12.5. The number of carbonyl (C=O) groups excluding carboxylic acids is 1. The molecule has 8 atom stereocenters. The van der Waals surface area contributed by atoms with Crippen LogP contribution in [0.3, 0.4) is 0 Å². The Hall–Kier alpha value is -2.27. The smallest absolute Gasteiger partial charge is 0.434 e. The van der Waals surface area contributed by atoms with Crippen molar-refractivity contribution in [1.29, 1.82) is 0 Å². The molecule has 5 aliphatic rings. The average molecular weight is 492 g/mol. The maximum absolute atomic E-state index is 12.0. The molecule has 192 valence electrons. The largest absolute Gasteiger partial charge is 0.513 e. The number of nitro benzene ring substituents is 1. The third kappa shape index (κ3) is 4.41. The van der Waals surface area contributed by atoms with Crippen LogP contribution in [-0.4, -0.2) is 41.5 Å². The normalized spacial score (nSPS) is 39.9. The van der Waals surface area contributed by atoms with Crippen LogP contribution >= 0.6 is 0 Å². The standard InChI is InChI=1S/C25H33NO9/c1-15-6-11-20-16(2)21(32-22-25(20)19(15)12-13-24(3,33-22)34-35-25)5-4-14-30-23(27)31-18-9-7-17(8-10-18)26(28)29/h7-10,15-16,19-22H,4-6,11-14H2,1-3H3. The number of hydrogen-bond donors (Lipinski definition) is 0. The zero-order valence-corrected chi connectivity index (χ0v) is 20.3. The average Bonchev–Trinajstić information content (AvgIpc) is 3.06. The van der Waals surface area contributed by atoms with Crippen molar-refractivity contribution in [2.24, 2.45) is 23.7 Å². The van der Waals surface area contributed by atoms with Gasteiger partial charge in [0.2, 0.25) is 5.79 Å². The lowest BCUT2D eigenvalue weighted by atomic mass is 9.57. The van der Waals surface area contributed by atoms with E-state index >= 15 is 0 Å². The first-order valence-corrected chi connectivity index (χ1v) is 12.5. The molecule has 2 bridgehead atoms. The maximum Gasteiger partial charge on any atom is 0.513 e. The summed E-state index contributed by atoms with van der Waals surface area (Å²) in [6.07, 6.45) is 3.90. The molecule has 1 aliphatic carbocycles. The van der Waals surface area contributed by atoms with Crippen molar-refractivity contribution in [2.45, 2.75) is 83.1 Å². The first kappa shape index (κ1) is 24.4. The Bertz CT molecular complexity index is 955.